The molecule has 0 saturated carbocycles. The molecule has 2 heterocycles. The summed E-state index contributed by atoms with van der Waals surface area (Å²) in [6.07, 6.45) is 1.28. The zero-order valence-corrected chi connectivity index (χ0v) is 16.7. The summed E-state index contributed by atoms with van der Waals surface area (Å²) in [4.78, 5) is 17.0. The lowest BCUT2D eigenvalue weighted by atomic mass is 10.1. The van der Waals surface area contributed by atoms with E-state index < -0.39 is 0 Å². The highest BCUT2D eigenvalue weighted by Gasteiger charge is 2.17. The highest BCUT2D eigenvalue weighted by atomic mass is 32.2. The SMILES string of the molecule is COc1cccc2sc(NC(=O)c3ccc(C4SCCCS4)cc3)nc12. The predicted octanol–water partition coefficient (Wildman–Crippen LogP) is 5.43. The van der Waals surface area contributed by atoms with Gasteiger partial charge in [0.05, 0.1) is 16.4 Å². The van der Waals surface area contributed by atoms with Crippen molar-refractivity contribution in [1.82, 2.24) is 4.98 Å². The Morgan fingerprint density at radius 1 is 1.15 bits per heavy atom. The topological polar surface area (TPSA) is 51.2 Å². The van der Waals surface area contributed by atoms with E-state index in [1.165, 1.54) is 34.8 Å². The molecule has 1 aliphatic rings. The van der Waals surface area contributed by atoms with E-state index in [-0.39, 0.29) is 5.91 Å². The van der Waals surface area contributed by atoms with Crippen LogP contribution in [0, 0.1) is 0 Å². The molecule has 134 valence electrons. The fraction of sp³-hybridized carbons (Fsp3) is 0.263. The number of amides is 1. The van der Waals surface area contributed by atoms with Crippen LogP contribution in [0.1, 0.15) is 26.9 Å². The van der Waals surface area contributed by atoms with E-state index in [0.717, 1.165) is 10.2 Å². The molecule has 4 nitrogen and oxygen atoms in total. The summed E-state index contributed by atoms with van der Waals surface area (Å²) in [6, 6.07) is 13.7. The van der Waals surface area contributed by atoms with Crippen LogP contribution in [0.5, 0.6) is 5.75 Å². The lowest BCUT2D eigenvalue weighted by Gasteiger charge is -2.21. The molecule has 0 bridgehead atoms. The van der Waals surface area contributed by atoms with Gasteiger partial charge in [0, 0.05) is 5.56 Å². The number of carbonyl (C=O) groups is 1. The highest BCUT2D eigenvalue weighted by Crippen LogP contribution is 2.43. The molecule has 3 aromatic rings. The maximum atomic E-state index is 12.5. The molecule has 1 amide bonds. The molecule has 0 atom stereocenters. The number of ether oxygens (including phenoxy) is 1. The van der Waals surface area contributed by atoms with Crippen LogP contribution in [0.3, 0.4) is 0 Å². The number of carbonyl (C=O) groups excluding carboxylic acids is 1. The number of fused-ring (bicyclic) bond motifs is 1. The standard InChI is InChI=1S/C19H18N2O2S3/c1-23-14-4-2-5-15-16(14)20-19(26-15)21-17(22)12-6-8-13(9-7-12)18-24-10-3-11-25-18/h2,4-9,18H,3,10-11H2,1H3,(H,20,21,22). The van der Waals surface area contributed by atoms with Crippen LogP contribution in [0.15, 0.2) is 42.5 Å². The molecule has 4 rings (SSSR count). The third kappa shape index (κ3) is 3.70. The number of thiazole rings is 1. The van der Waals surface area contributed by atoms with E-state index in [2.05, 4.69) is 22.4 Å². The number of methoxy groups -OCH3 is 1. The molecule has 0 radical (unpaired) electrons. The molecule has 26 heavy (non-hydrogen) atoms. The van der Waals surface area contributed by atoms with Gasteiger partial charge in [-0.3, -0.25) is 10.1 Å². The van der Waals surface area contributed by atoms with Gasteiger partial charge in [0.25, 0.3) is 5.91 Å². The second-order valence-corrected chi connectivity index (χ2v) is 9.58. The summed E-state index contributed by atoms with van der Waals surface area (Å²) >= 11 is 5.41. The van der Waals surface area contributed by atoms with Gasteiger partial charge in [-0.25, -0.2) is 4.98 Å². The van der Waals surface area contributed by atoms with Crippen LogP contribution in [-0.2, 0) is 0 Å². The van der Waals surface area contributed by atoms with Gasteiger partial charge in [-0.15, -0.1) is 23.5 Å². The van der Waals surface area contributed by atoms with Gasteiger partial charge in [-0.1, -0.05) is 29.5 Å². The van der Waals surface area contributed by atoms with Crippen molar-refractivity contribution < 1.29 is 9.53 Å². The van der Waals surface area contributed by atoms with E-state index in [4.69, 9.17) is 4.74 Å². The van der Waals surface area contributed by atoms with Gasteiger partial charge in [-0.2, -0.15) is 0 Å². The molecule has 1 N–H and O–H groups in total. The number of hydrogen-bond acceptors (Lipinski definition) is 6. The van der Waals surface area contributed by atoms with Gasteiger partial charge in [0.1, 0.15) is 11.3 Å². The largest absolute Gasteiger partial charge is 0.494 e. The van der Waals surface area contributed by atoms with Crippen molar-refractivity contribution >= 4 is 56.1 Å². The van der Waals surface area contributed by atoms with Crippen molar-refractivity contribution in [2.24, 2.45) is 0 Å². The molecule has 0 aliphatic carbocycles. The highest BCUT2D eigenvalue weighted by molar-refractivity contribution is 8.16. The number of benzene rings is 2. The number of rotatable bonds is 4. The molecule has 2 aromatic carbocycles. The Labute approximate surface area is 164 Å². The van der Waals surface area contributed by atoms with E-state index in [1.54, 1.807) is 7.11 Å². The smallest absolute Gasteiger partial charge is 0.257 e. The number of para-hydroxylation sites is 1. The fourth-order valence-corrected chi connectivity index (χ4v) is 6.56. The first-order valence-corrected chi connectivity index (χ1v) is 11.2. The summed E-state index contributed by atoms with van der Waals surface area (Å²) in [6.45, 7) is 0. The summed E-state index contributed by atoms with van der Waals surface area (Å²) < 4.78 is 6.80. The van der Waals surface area contributed by atoms with Crippen molar-refractivity contribution in [3.63, 3.8) is 0 Å². The van der Waals surface area contributed by atoms with Gasteiger partial charge in [-0.05, 0) is 47.8 Å². The van der Waals surface area contributed by atoms with Crippen molar-refractivity contribution in [2.45, 2.75) is 11.0 Å². The molecule has 1 aromatic heterocycles. The minimum Gasteiger partial charge on any atom is -0.494 e. The number of thioether (sulfide) groups is 2. The molecule has 7 heteroatoms. The summed E-state index contributed by atoms with van der Waals surface area (Å²) in [5.74, 6) is 2.99. The molecular weight excluding hydrogens is 384 g/mol. The third-order valence-corrected chi connectivity index (χ3v) is 8.05. The summed E-state index contributed by atoms with van der Waals surface area (Å²) in [5.41, 5.74) is 2.70. The van der Waals surface area contributed by atoms with Crippen LogP contribution in [0.4, 0.5) is 5.13 Å². The molecule has 0 spiro atoms. The fourth-order valence-electron chi connectivity index (χ4n) is 2.78. The zero-order valence-electron chi connectivity index (χ0n) is 14.2. The second kappa shape index (κ2) is 7.90. The Morgan fingerprint density at radius 3 is 2.65 bits per heavy atom. The Morgan fingerprint density at radius 2 is 1.92 bits per heavy atom. The molecular formula is C19H18N2O2S3. The molecule has 1 fully saturated rings. The first kappa shape index (κ1) is 17.7. The molecule has 0 unspecified atom stereocenters. The van der Waals surface area contributed by atoms with E-state index in [9.17, 15) is 4.79 Å². The third-order valence-electron chi connectivity index (χ3n) is 4.09. The maximum absolute atomic E-state index is 12.5. The first-order chi connectivity index (χ1) is 12.7. The quantitative estimate of drug-likeness (QED) is 0.631. The Hall–Kier alpha value is -1.70. The maximum Gasteiger partial charge on any atom is 0.257 e. The van der Waals surface area contributed by atoms with Gasteiger partial charge in [0.15, 0.2) is 5.13 Å². The number of nitrogens with zero attached hydrogens (tertiary/aromatic N) is 1. The average molecular weight is 403 g/mol. The van der Waals surface area contributed by atoms with Crippen LogP contribution in [0.25, 0.3) is 10.2 Å². The normalized spacial score (nSPS) is 15.1. The lowest BCUT2D eigenvalue weighted by molar-refractivity contribution is 0.102. The zero-order chi connectivity index (χ0) is 17.9. The van der Waals surface area contributed by atoms with E-state index in [0.29, 0.717) is 21.0 Å². The Kier molecular flexibility index (Phi) is 5.38. The predicted molar refractivity (Wildman–Crippen MR) is 113 cm³/mol. The number of anilines is 1. The lowest BCUT2D eigenvalue weighted by Crippen LogP contribution is -2.11. The number of aromatic nitrogens is 1. The molecule has 1 aliphatic heterocycles. The first-order valence-electron chi connectivity index (χ1n) is 8.32. The van der Waals surface area contributed by atoms with Crippen LogP contribution in [0.2, 0.25) is 0 Å². The average Bonchev–Trinajstić information content (AvgIpc) is 3.11. The van der Waals surface area contributed by atoms with Crippen LogP contribution >= 0.6 is 34.9 Å². The summed E-state index contributed by atoms with van der Waals surface area (Å²) in [5, 5.41) is 3.48. The van der Waals surface area contributed by atoms with Crippen LogP contribution < -0.4 is 10.1 Å². The van der Waals surface area contributed by atoms with Crippen molar-refractivity contribution in [3.8, 4) is 5.75 Å². The van der Waals surface area contributed by atoms with E-state index >= 15 is 0 Å². The van der Waals surface area contributed by atoms with E-state index in [1.807, 2.05) is 53.9 Å². The summed E-state index contributed by atoms with van der Waals surface area (Å²) in [7, 11) is 1.62. The second-order valence-electron chi connectivity index (χ2n) is 5.83. The minimum atomic E-state index is -0.140. The van der Waals surface area contributed by atoms with Crippen molar-refractivity contribution in [1.29, 1.82) is 0 Å². The van der Waals surface area contributed by atoms with Crippen molar-refractivity contribution in [3.05, 3.63) is 53.6 Å². The van der Waals surface area contributed by atoms with Gasteiger partial charge in [0.2, 0.25) is 0 Å². The monoisotopic (exact) mass is 402 g/mol. The minimum absolute atomic E-state index is 0.140. The van der Waals surface area contributed by atoms with Gasteiger partial charge >= 0.3 is 0 Å². The molecule has 1 saturated heterocycles. The van der Waals surface area contributed by atoms with Crippen LogP contribution in [-0.4, -0.2) is 29.5 Å². The van der Waals surface area contributed by atoms with Gasteiger partial charge < -0.3 is 4.74 Å². The number of hydrogen-bond donors (Lipinski definition) is 1. The Balaban J connectivity index is 1.49. The van der Waals surface area contributed by atoms with Crippen molar-refractivity contribution in [2.75, 3.05) is 23.9 Å². The Bertz CT molecular complexity index is 918. The number of nitrogens with one attached hydrogen (secondary N) is 1.